The maximum Gasteiger partial charge on any atom is 0.410 e. The summed E-state index contributed by atoms with van der Waals surface area (Å²) in [5.41, 5.74) is 14.3. The monoisotopic (exact) mass is 410 g/mol. The molecule has 1 aliphatic heterocycles. The van der Waals surface area contributed by atoms with Gasteiger partial charge in [-0.25, -0.2) is 14.8 Å². The molecule has 158 valence electrons. The summed E-state index contributed by atoms with van der Waals surface area (Å²) >= 11 is 0. The van der Waals surface area contributed by atoms with Gasteiger partial charge < -0.3 is 21.1 Å². The van der Waals surface area contributed by atoms with Gasteiger partial charge in [0.15, 0.2) is 5.65 Å². The molecule has 0 spiro atoms. The molecule has 1 saturated heterocycles. The van der Waals surface area contributed by atoms with Crippen LogP contribution in [-0.2, 0) is 4.74 Å². The highest BCUT2D eigenvalue weighted by Crippen LogP contribution is 2.30. The molecule has 10 heteroatoms. The van der Waals surface area contributed by atoms with E-state index in [9.17, 15) is 4.79 Å². The van der Waals surface area contributed by atoms with E-state index in [2.05, 4.69) is 9.97 Å². The van der Waals surface area contributed by atoms with Gasteiger partial charge in [-0.3, -0.25) is 5.01 Å². The second kappa shape index (κ2) is 7.36. The lowest BCUT2D eigenvalue weighted by molar-refractivity contribution is 0.0231. The van der Waals surface area contributed by atoms with Crippen LogP contribution in [0.5, 0.6) is 0 Å². The zero-order valence-electron chi connectivity index (χ0n) is 17.4. The molecule has 4 rings (SSSR count). The molecule has 3 heterocycles. The first-order chi connectivity index (χ1) is 14.2. The Morgan fingerprint density at radius 1 is 1.03 bits per heavy atom. The minimum Gasteiger partial charge on any atom is -0.444 e. The minimum absolute atomic E-state index is 0.304. The second-order valence-electron chi connectivity index (χ2n) is 8.24. The molecule has 30 heavy (non-hydrogen) atoms. The maximum absolute atomic E-state index is 12.3. The van der Waals surface area contributed by atoms with Gasteiger partial charge >= 0.3 is 6.09 Å². The number of ether oxygens (including phenoxy) is 1. The Morgan fingerprint density at radius 3 is 2.33 bits per heavy atom. The van der Waals surface area contributed by atoms with Crippen LogP contribution in [0.4, 0.5) is 16.3 Å². The number of piperazine rings is 1. The number of amides is 1. The number of anilines is 2. The number of fused-ring (bicyclic) bond motifs is 1. The smallest absolute Gasteiger partial charge is 0.410 e. The van der Waals surface area contributed by atoms with Crippen LogP contribution in [0, 0.1) is 0 Å². The summed E-state index contributed by atoms with van der Waals surface area (Å²) in [6, 6.07) is 7.43. The molecule has 2 aromatic heterocycles. The van der Waals surface area contributed by atoms with E-state index in [4.69, 9.17) is 21.3 Å². The number of aromatic nitrogens is 4. The fourth-order valence-electron chi connectivity index (χ4n) is 3.39. The van der Waals surface area contributed by atoms with Crippen LogP contribution in [0.1, 0.15) is 20.8 Å². The van der Waals surface area contributed by atoms with Gasteiger partial charge in [0.05, 0.1) is 18.5 Å². The predicted octanol–water partition coefficient (Wildman–Crippen LogP) is 1.85. The standard InChI is InChI=1S/C20H26N8O2/c1-20(2,3)30-19(29)26-8-10-27(11-9-26)28-18-15(17(22)23-12-24-18)16(25-28)13-4-6-14(21)7-5-13/h4-7,12H,8-11,21H2,1-3H3,(H2,22,23,24). The number of hydrogen-bond acceptors (Lipinski definition) is 8. The van der Waals surface area contributed by atoms with Crippen LogP contribution >= 0.6 is 0 Å². The summed E-state index contributed by atoms with van der Waals surface area (Å²) in [6.45, 7) is 7.80. The van der Waals surface area contributed by atoms with E-state index >= 15 is 0 Å². The fourth-order valence-corrected chi connectivity index (χ4v) is 3.39. The highest BCUT2D eigenvalue weighted by molar-refractivity contribution is 5.98. The van der Waals surface area contributed by atoms with E-state index in [1.165, 1.54) is 6.33 Å². The Hall–Kier alpha value is -3.56. The highest BCUT2D eigenvalue weighted by Gasteiger charge is 2.28. The lowest BCUT2D eigenvalue weighted by Gasteiger charge is -2.36. The van der Waals surface area contributed by atoms with Gasteiger partial charge in [-0.1, -0.05) is 12.1 Å². The molecule has 1 fully saturated rings. The summed E-state index contributed by atoms with van der Waals surface area (Å²) in [6.07, 6.45) is 1.13. The summed E-state index contributed by atoms with van der Waals surface area (Å²) in [5.74, 6) is 0.366. The van der Waals surface area contributed by atoms with E-state index in [0.29, 0.717) is 54.4 Å². The summed E-state index contributed by atoms with van der Waals surface area (Å²) < 4.78 is 5.47. The van der Waals surface area contributed by atoms with E-state index in [1.54, 1.807) is 9.69 Å². The lowest BCUT2D eigenvalue weighted by atomic mass is 10.1. The second-order valence-corrected chi connectivity index (χ2v) is 8.24. The van der Waals surface area contributed by atoms with Gasteiger partial charge in [0.25, 0.3) is 0 Å². The van der Waals surface area contributed by atoms with E-state index in [0.717, 1.165) is 5.56 Å². The van der Waals surface area contributed by atoms with Crippen LogP contribution in [0.2, 0.25) is 0 Å². The van der Waals surface area contributed by atoms with Crippen molar-refractivity contribution in [3.63, 3.8) is 0 Å². The van der Waals surface area contributed by atoms with Crippen molar-refractivity contribution in [2.75, 3.05) is 42.7 Å². The van der Waals surface area contributed by atoms with Crippen molar-refractivity contribution in [2.45, 2.75) is 26.4 Å². The van der Waals surface area contributed by atoms with Crippen molar-refractivity contribution in [1.82, 2.24) is 24.8 Å². The third-order valence-corrected chi connectivity index (χ3v) is 4.84. The number of nitrogens with two attached hydrogens (primary N) is 2. The molecule has 0 aliphatic carbocycles. The highest BCUT2D eigenvalue weighted by atomic mass is 16.6. The maximum atomic E-state index is 12.3. The predicted molar refractivity (Wildman–Crippen MR) is 115 cm³/mol. The zero-order chi connectivity index (χ0) is 21.5. The molecule has 0 radical (unpaired) electrons. The van der Waals surface area contributed by atoms with Crippen LogP contribution in [0.25, 0.3) is 22.3 Å². The number of rotatable bonds is 2. The molecule has 0 saturated carbocycles. The van der Waals surface area contributed by atoms with Crippen molar-refractivity contribution >= 4 is 28.6 Å². The SMILES string of the molecule is CC(C)(C)OC(=O)N1CCN(n2nc(-c3ccc(N)cc3)c3c(N)ncnc32)CC1. The van der Waals surface area contributed by atoms with Crippen LogP contribution in [0.15, 0.2) is 30.6 Å². The number of nitrogen functional groups attached to an aromatic ring is 2. The molecule has 0 bridgehead atoms. The fraction of sp³-hybridized carbons (Fsp3) is 0.400. The number of hydrogen-bond donors (Lipinski definition) is 2. The Bertz CT molecular complexity index is 1060. The number of benzene rings is 1. The summed E-state index contributed by atoms with van der Waals surface area (Å²) in [7, 11) is 0. The average molecular weight is 410 g/mol. The molecular formula is C20H26N8O2. The quantitative estimate of drug-likeness (QED) is 0.613. The molecular weight excluding hydrogens is 384 g/mol. The summed E-state index contributed by atoms with van der Waals surface area (Å²) in [4.78, 5) is 24.4. The third-order valence-electron chi connectivity index (χ3n) is 4.84. The molecule has 0 unspecified atom stereocenters. The molecule has 1 amide bonds. The van der Waals surface area contributed by atoms with Crippen LogP contribution in [-0.4, -0.2) is 62.6 Å². The van der Waals surface area contributed by atoms with E-state index < -0.39 is 5.60 Å². The molecule has 10 nitrogen and oxygen atoms in total. The molecule has 3 aromatic rings. The number of carbonyl (C=O) groups excluding carboxylic acids is 1. The van der Waals surface area contributed by atoms with Gasteiger partial charge in [0.1, 0.15) is 23.4 Å². The van der Waals surface area contributed by atoms with Gasteiger partial charge in [-0.15, -0.1) is 5.10 Å². The van der Waals surface area contributed by atoms with Crippen molar-refractivity contribution < 1.29 is 9.53 Å². The Balaban J connectivity index is 1.62. The van der Waals surface area contributed by atoms with Crippen molar-refractivity contribution in [1.29, 1.82) is 0 Å². The van der Waals surface area contributed by atoms with Crippen molar-refractivity contribution in [2.24, 2.45) is 0 Å². The van der Waals surface area contributed by atoms with Gasteiger partial charge in [-0.05, 0) is 32.9 Å². The number of carbonyl (C=O) groups is 1. The molecule has 1 aromatic carbocycles. The van der Waals surface area contributed by atoms with Crippen molar-refractivity contribution in [3.05, 3.63) is 30.6 Å². The average Bonchev–Trinajstić information content (AvgIpc) is 3.08. The normalized spacial score (nSPS) is 14.9. The first-order valence-corrected chi connectivity index (χ1v) is 9.81. The number of nitrogens with zero attached hydrogens (tertiary/aromatic N) is 6. The first kappa shape index (κ1) is 19.7. The largest absolute Gasteiger partial charge is 0.444 e. The van der Waals surface area contributed by atoms with Gasteiger partial charge in [-0.2, -0.15) is 4.79 Å². The van der Waals surface area contributed by atoms with Crippen LogP contribution in [0.3, 0.4) is 0 Å². The topological polar surface area (TPSA) is 128 Å². The summed E-state index contributed by atoms with van der Waals surface area (Å²) in [5, 5.41) is 7.52. The van der Waals surface area contributed by atoms with Crippen LogP contribution < -0.4 is 16.5 Å². The molecule has 0 atom stereocenters. The lowest BCUT2D eigenvalue weighted by Crippen LogP contribution is -2.54. The first-order valence-electron chi connectivity index (χ1n) is 9.81. The minimum atomic E-state index is -0.519. The van der Waals surface area contributed by atoms with E-state index in [1.807, 2.05) is 50.0 Å². The Morgan fingerprint density at radius 2 is 1.70 bits per heavy atom. The van der Waals surface area contributed by atoms with Crippen molar-refractivity contribution in [3.8, 4) is 11.3 Å². The zero-order valence-corrected chi connectivity index (χ0v) is 17.4. The molecule has 1 aliphatic rings. The van der Waals surface area contributed by atoms with Gasteiger partial charge in [0, 0.05) is 24.3 Å². The van der Waals surface area contributed by atoms with Gasteiger partial charge in [0.2, 0.25) is 0 Å². The Labute approximate surface area is 174 Å². The molecule has 4 N–H and O–H groups in total. The third kappa shape index (κ3) is 3.80. The Kier molecular flexibility index (Phi) is 4.84. The van der Waals surface area contributed by atoms with E-state index in [-0.39, 0.29) is 6.09 Å².